The van der Waals surface area contributed by atoms with Gasteiger partial charge in [0.15, 0.2) is 0 Å². The zero-order chi connectivity index (χ0) is 20.9. The number of benzene rings is 2. The number of hydrogen-bond donors (Lipinski definition) is 2. The predicted octanol–water partition coefficient (Wildman–Crippen LogP) is 4.36. The SMILES string of the molecule is O=C(N/C=C/NC(=O)c1ccc(C(F)(F)F)cc1)c1ccc(C(F)(F)F)cc1. The van der Waals surface area contributed by atoms with Crippen LogP contribution in [0.5, 0.6) is 0 Å². The first-order chi connectivity index (χ1) is 13.0. The van der Waals surface area contributed by atoms with Gasteiger partial charge < -0.3 is 10.6 Å². The zero-order valence-electron chi connectivity index (χ0n) is 13.9. The van der Waals surface area contributed by atoms with E-state index in [0.717, 1.165) is 60.9 Å². The highest BCUT2D eigenvalue weighted by molar-refractivity contribution is 5.96. The molecule has 0 radical (unpaired) electrons. The molecule has 0 aromatic heterocycles. The van der Waals surface area contributed by atoms with Gasteiger partial charge in [0.2, 0.25) is 0 Å². The van der Waals surface area contributed by atoms with Gasteiger partial charge in [-0.3, -0.25) is 9.59 Å². The van der Waals surface area contributed by atoms with E-state index in [2.05, 4.69) is 10.6 Å². The highest BCUT2D eigenvalue weighted by Crippen LogP contribution is 2.29. The van der Waals surface area contributed by atoms with Crippen molar-refractivity contribution in [2.75, 3.05) is 0 Å². The number of nitrogens with one attached hydrogen (secondary N) is 2. The molecule has 10 heteroatoms. The topological polar surface area (TPSA) is 58.2 Å². The Morgan fingerprint density at radius 2 is 0.893 bits per heavy atom. The van der Waals surface area contributed by atoms with Gasteiger partial charge in [-0.25, -0.2) is 0 Å². The largest absolute Gasteiger partial charge is 0.416 e. The maximum Gasteiger partial charge on any atom is 0.416 e. The van der Waals surface area contributed by atoms with Crippen LogP contribution in [-0.2, 0) is 12.4 Å². The summed E-state index contributed by atoms with van der Waals surface area (Å²) >= 11 is 0. The monoisotopic (exact) mass is 402 g/mol. The molecule has 2 N–H and O–H groups in total. The molecule has 2 amide bonds. The third-order valence-corrected chi connectivity index (χ3v) is 3.46. The molecule has 0 heterocycles. The first-order valence-corrected chi connectivity index (χ1v) is 7.60. The molecule has 148 valence electrons. The van der Waals surface area contributed by atoms with Crippen LogP contribution in [0.25, 0.3) is 0 Å². The van der Waals surface area contributed by atoms with Crippen molar-refractivity contribution in [1.82, 2.24) is 10.6 Å². The van der Waals surface area contributed by atoms with Crippen molar-refractivity contribution >= 4 is 11.8 Å². The molecular weight excluding hydrogens is 390 g/mol. The minimum absolute atomic E-state index is 0.0354. The van der Waals surface area contributed by atoms with Crippen LogP contribution in [0.4, 0.5) is 26.3 Å². The molecule has 0 unspecified atom stereocenters. The van der Waals surface area contributed by atoms with Gasteiger partial charge in [0.05, 0.1) is 11.1 Å². The molecule has 0 saturated heterocycles. The lowest BCUT2D eigenvalue weighted by atomic mass is 10.1. The standard InChI is InChI=1S/C18H12F6N2O2/c19-17(20,21)13-5-1-11(2-6-13)15(27)25-9-10-26-16(28)12-3-7-14(8-4-12)18(22,23)24/h1-10H,(H,25,27)(H,26,28)/b10-9+. The molecular formula is C18H12F6N2O2. The van der Waals surface area contributed by atoms with Gasteiger partial charge in [-0.15, -0.1) is 0 Å². The second kappa shape index (κ2) is 8.15. The van der Waals surface area contributed by atoms with Crippen molar-refractivity contribution in [2.24, 2.45) is 0 Å². The van der Waals surface area contributed by atoms with E-state index in [1.807, 2.05) is 0 Å². The number of hydrogen-bond acceptors (Lipinski definition) is 2. The average Bonchev–Trinajstić information content (AvgIpc) is 2.63. The highest BCUT2D eigenvalue weighted by atomic mass is 19.4. The third-order valence-electron chi connectivity index (χ3n) is 3.46. The summed E-state index contributed by atoms with van der Waals surface area (Å²) < 4.78 is 74.7. The fourth-order valence-electron chi connectivity index (χ4n) is 2.02. The van der Waals surface area contributed by atoms with Crippen LogP contribution in [0, 0.1) is 0 Å². The molecule has 0 aliphatic carbocycles. The summed E-state index contributed by atoms with van der Waals surface area (Å²) in [5.74, 6) is -1.43. The molecule has 4 nitrogen and oxygen atoms in total. The quantitative estimate of drug-likeness (QED) is 0.747. The summed E-state index contributed by atoms with van der Waals surface area (Å²) in [6.45, 7) is 0. The molecule has 2 rings (SSSR count). The van der Waals surface area contributed by atoms with Crippen molar-refractivity contribution in [3.05, 3.63) is 83.2 Å². The molecule has 0 aliphatic rings. The molecule has 2 aromatic carbocycles. The van der Waals surface area contributed by atoms with Crippen LogP contribution >= 0.6 is 0 Å². The van der Waals surface area contributed by atoms with Crippen LogP contribution in [-0.4, -0.2) is 11.8 Å². The average molecular weight is 402 g/mol. The third kappa shape index (κ3) is 5.60. The van der Waals surface area contributed by atoms with Gasteiger partial charge in [0.25, 0.3) is 11.8 Å². The highest BCUT2D eigenvalue weighted by Gasteiger charge is 2.30. The Kier molecular flexibility index (Phi) is 6.12. The van der Waals surface area contributed by atoms with Crippen LogP contribution in [0.15, 0.2) is 60.9 Å². The lowest BCUT2D eigenvalue weighted by molar-refractivity contribution is -0.138. The van der Waals surface area contributed by atoms with Gasteiger partial charge in [-0.2, -0.15) is 26.3 Å². The second-order valence-electron chi connectivity index (χ2n) is 5.43. The number of amides is 2. The molecule has 2 aromatic rings. The Labute approximate surface area is 154 Å². The summed E-state index contributed by atoms with van der Waals surface area (Å²) in [6.07, 6.45) is -6.97. The summed E-state index contributed by atoms with van der Waals surface area (Å²) in [6, 6.07) is 6.99. The molecule has 0 fully saturated rings. The molecule has 0 bridgehead atoms. The van der Waals surface area contributed by atoms with Gasteiger partial charge in [-0.1, -0.05) is 0 Å². The predicted molar refractivity (Wildman–Crippen MR) is 87.0 cm³/mol. The molecule has 0 spiro atoms. The number of rotatable bonds is 4. The summed E-state index contributed by atoms with van der Waals surface area (Å²) in [7, 11) is 0. The van der Waals surface area contributed by atoms with E-state index >= 15 is 0 Å². The van der Waals surface area contributed by atoms with Gasteiger partial charge in [0.1, 0.15) is 0 Å². The van der Waals surface area contributed by atoms with Crippen molar-refractivity contribution in [3.8, 4) is 0 Å². The number of carbonyl (C=O) groups is 2. The normalized spacial score (nSPS) is 12.1. The van der Waals surface area contributed by atoms with Crippen molar-refractivity contribution in [3.63, 3.8) is 0 Å². The fraction of sp³-hybridized carbons (Fsp3) is 0.111. The molecule has 0 atom stereocenters. The number of alkyl halides is 6. The van der Waals surface area contributed by atoms with Gasteiger partial charge in [-0.05, 0) is 48.5 Å². The van der Waals surface area contributed by atoms with Gasteiger partial charge >= 0.3 is 12.4 Å². The Hall–Kier alpha value is -3.30. The summed E-state index contributed by atoms with van der Waals surface area (Å²) in [5.41, 5.74) is -1.87. The maximum absolute atomic E-state index is 12.5. The van der Waals surface area contributed by atoms with E-state index in [4.69, 9.17) is 0 Å². The van der Waals surface area contributed by atoms with E-state index in [-0.39, 0.29) is 11.1 Å². The van der Waals surface area contributed by atoms with E-state index < -0.39 is 35.3 Å². The molecule has 0 aliphatic heterocycles. The number of halogens is 6. The van der Waals surface area contributed by atoms with Gasteiger partial charge in [0, 0.05) is 23.5 Å². The lowest BCUT2D eigenvalue weighted by Gasteiger charge is -2.07. The number of carbonyl (C=O) groups excluding carboxylic acids is 2. The van der Waals surface area contributed by atoms with Crippen LogP contribution < -0.4 is 10.6 Å². The van der Waals surface area contributed by atoms with Crippen molar-refractivity contribution in [1.29, 1.82) is 0 Å². The first-order valence-electron chi connectivity index (χ1n) is 7.60. The van der Waals surface area contributed by atoms with Crippen LogP contribution in [0.1, 0.15) is 31.8 Å². The Balaban J connectivity index is 1.89. The van der Waals surface area contributed by atoms with E-state index in [1.165, 1.54) is 0 Å². The zero-order valence-corrected chi connectivity index (χ0v) is 13.9. The Morgan fingerprint density at radius 1 is 0.607 bits per heavy atom. The summed E-state index contributed by atoms with van der Waals surface area (Å²) in [5, 5.41) is 4.46. The fourth-order valence-corrected chi connectivity index (χ4v) is 2.02. The van der Waals surface area contributed by atoms with Crippen molar-refractivity contribution < 1.29 is 35.9 Å². The van der Waals surface area contributed by atoms with Crippen LogP contribution in [0.2, 0.25) is 0 Å². The smallest absolute Gasteiger partial charge is 0.327 e. The minimum atomic E-state index is -4.52. The maximum atomic E-state index is 12.5. The molecule has 28 heavy (non-hydrogen) atoms. The van der Waals surface area contributed by atoms with E-state index in [9.17, 15) is 35.9 Å². The molecule has 0 saturated carbocycles. The van der Waals surface area contributed by atoms with Crippen molar-refractivity contribution in [2.45, 2.75) is 12.4 Å². The van der Waals surface area contributed by atoms with E-state index in [1.54, 1.807) is 0 Å². The lowest BCUT2D eigenvalue weighted by Crippen LogP contribution is -2.21. The van der Waals surface area contributed by atoms with E-state index in [0.29, 0.717) is 0 Å². The second-order valence-corrected chi connectivity index (χ2v) is 5.43. The minimum Gasteiger partial charge on any atom is -0.327 e. The Morgan fingerprint density at radius 3 is 1.14 bits per heavy atom. The van der Waals surface area contributed by atoms with Crippen LogP contribution in [0.3, 0.4) is 0 Å². The summed E-state index contributed by atoms with van der Waals surface area (Å²) in [4.78, 5) is 23.6. The first kappa shape index (κ1) is 21.0. The Bertz CT molecular complexity index is 795.